The largest absolute Gasteiger partial charge is 0.462 e. The lowest BCUT2D eigenvalue weighted by Gasteiger charge is -2.14. The fourth-order valence-electron chi connectivity index (χ4n) is 4.10. The second-order valence-corrected chi connectivity index (χ2v) is 12.6. The molecule has 0 saturated heterocycles. The number of carbonyl (C=O) groups excluding carboxylic acids is 4. The van der Waals surface area contributed by atoms with E-state index in [1.165, 1.54) is 11.8 Å². The molecule has 1 unspecified atom stereocenters. The maximum Gasteiger partial charge on any atom is 0.338 e. The fourth-order valence-corrected chi connectivity index (χ4v) is 5.29. The number of esters is 1. The van der Waals surface area contributed by atoms with Gasteiger partial charge in [0.2, 0.25) is 5.91 Å². The highest BCUT2D eigenvalue weighted by atomic mass is 79.9. The van der Waals surface area contributed by atoms with Gasteiger partial charge in [0.15, 0.2) is 0 Å². The van der Waals surface area contributed by atoms with Crippen LogP contribution in [0.3, 0.4) is 0 Å². The van der Waals surface area contributed by atoms with Crippen LogP contribution >= 0.6 is 27.7 Å². The number of halogens is 1. The molecule has 236 valence electrons. The summed E-state index contributed by atoms with van der Waals surface area (Å²) in [5.41, 5.74) is 2.70. The zero-order chi connectivity index (χ0) is 32.9. The van der Waals surface area contributed by atoms with Gasteiger partial charge in [-0.1, -0.05) is 65.7 Å². The molecule has 0 radical (unpaired) electrons. The molecule has 3 amide bonds. The van der Waals surface area contributed by atoms with E-state index in [1.54, 1.807) is 79.7 Å². The summed E-state index contributed by atoms with van der Waals surface area (Å²) in [5.74, 6) is -1.53. The molecule has 0 aliphatic heterocycles. The molecule has 0 aromatic heterocycles. The summed E-state index contributed by atoms with van der Waals surface area (Å²) in [4.78, 5) is 52.2. The number of amides is 3. The van der Waals surface area contributed by atoms with Gasteiger partial charge < -0.3 is 20.7 Å². The van der Waals surface area contributed by atoms with Crippen molar-refractivity contribution in [3.05, 3.63) is 130 Å². The second-order valence-electron chi connectivity index (χ2n) is 10.2. The van der Waals surface area contributed by atoms with Gasteiger partial charge in [-0.2, -0.15) is 0 Å². The predicted molar refractivity (Wildman–Crippen MR) is 187 cm³/mol. The Labute approximate surface area is 281 Å². The van der Waals surface area contributed by atoms with Gasteiger partial charge in [-0.05, 0) is 91.7 Å². The summed E-state index contributed by atoms with van der Waals surface area (Å²) in [6.45, 7) is 4.18. The third-order valence-corrected chi connectivity index (χ3v) is 8.23. The number of thioether (sulfide) groups is 1. The third-order valence-electron chi connectivity index (χ3n) is 6.60. The quantitative estimate of drug-likeness (QED) is 0.0565. The molecule has 0 heterocycles. The van der Waals surface area contributed by atoms with Crippen LogP contribution in [0.15, 0.2) is 118 Å². The average Bonchev–Trinajstić information content (AvgIpc) is 3.06. The number of unbranched alkanes of at least 4 members (excludes halogenated alkanes) is 1. The molecule has 46 heavy (non-hydrogen) atoms. The summed E-state index contributed by atoms with van der Waals surface area (Å²) >= 11 is 4.73. The summed E-state index contributed by atoms with van der Waals surface area (Å²) in [6.07, 6.45) is 3.35. The molecular weight excluding hydrogens is 666 g/mol. The number of hydrogen-bond donors (Lipinski definition) is 3. The predicted octanol–water partition coefficient (Wildman–Crippen LogP) is 7.93. The van der Waals surface area contributed by atoms with Gasteiger partial charge in [0.1, 0.15) is 5.70 Å². The van der Waals surface area contributed by atoms with E-state index in [0.29, 0.717) is 29.1 Å². The molecule has 1 atom stereocenters. The van der Waals surface area contributed by atoms with Gasteiger partial charge in [0.25, 0.3) is 11.8 Å². The highest BCUT2D eigenvalue weighted by Gasteiger charge is 2.18. The maximum absolute atomic E-state index is 13.4. The first kappa shape index (κ1) is 34.2. The Morgan fingerprint density at radius 1 is 0.826 bits per heavy atom. The first-order chi connectivity index (χ1) is 22.2. The van der Waals surface area contributed by atoms with Crippen LogP contribution in [0.5, 0.6) is 0 Å². The van der Waals surface area contributed by atoms with Crippen LogP contribution in [0.4, 0.5) is 11.4 Å². The molecule has 0 aliphatic rings. The van der Waals surface area contributed by atoms with E-state index in [2.05, 4.69) is 31.9 Å². The Hall–Kier alpha value is -4.67. The van der Waals surface area contributed by atoms with Gasteiger partial charge in [0, 0.05) is 26.3 Å². The van der Waals surface area contributed by atoms with Crippen LogP contribution in [0.2, 0.25) is 0 Å². The SMILES string of the molecule is CCCCOC(=O)c1ccc(NC(=O)C(C)Sc2cccc(NC(=O)/C(=C/c3ccc(Br)cc3)NC(=O)c3ccccc3)c2)cc1. The number of rotatable bonds is 13. The van der Waals surface area contributed by atoms with Gasteiger partial charge >= 0.3 is 5.97 Å². The first-order valence-electron chi connectivity index (χ1n) is 14.7. The van der Waals surface area contributed by atoms with E-state index < -0.39 is 23.0 Å². The minimum atomic E-state index is -0.502. The van der Waals surface area contributed by atoms with Crippen molar-refractivity contribution >= 4 is 68.8 Å². The lowest BCUT2D eigenvalue weighted by Crippen LogP contribution is -2.30. The molecule has 4 aromatic carbocycles. The molecule has 4 aromatic rings. The van der Waals surface area contributed by atoms with Gasteiger partial charge in [-0.3, -0.25) is 14.4 Å². The van der Waals surface area contributed by atoms with Crippen molar-refractivity contribution in [3.8, 4) is 0 Å². The first-order valence-corrected chi connectivity index (χ1v) is 16.4. The van der Waals surface area contributed by atoms with Crippen molar-refractivity contribution in [1.82, 2.24) is 5.32 Å². The van der Waals surface area contributed by atoms with Crippen molar-refractivity contribution < 1.29 is 23.9 Å². The number of nitrogens with one attached hydrogen (secondary N) is 3. The molecule has 3 N–H and O–H groups in total. The van der Waals surface area contributed by atoms with Crippen LogP contribution in [0.1, 0.15) is 53.0 Å². The molecule has 0 fully saturated rings. The van der Waals surface area contributed by atoms with Crippen molar-refractivity contribution in [1.29, 1.82) is 0 Å². The molecule has 0 aliphatic carbocycles. The smallest absolute Gasteiger partial charge is 0.338 e. The van der Waals surface area contributed by atoms with E-state index >= 15 is 0 Å². The van der Waals surface area contributed by atoms with Crippen LogP contribution in [0.25, 0.3) is 6.08 Å². The average molecular weight is 701 g/mol. The normalized spacial score (nSPS) is 11.7. The molecular formula is C36H34BrN3O5S. The summed E-state index contributed by atoms with van der Waals surface area (Å²) in [6, 6.07) is 29.7. The molecule has 0 spiro atoms. The Kier molecular flexibility index (Phi) is 12.7. The molecule has 0 bridgehead atoms. The van der Waals surface area contributed by atoms with Crippen molar-refractivity contribution in [2.75, 3.05) is 17.2 Å². The monoisotopic (exact) mass is 699 g/mol. The Morgan fingerprint density at radius 3 is 2.24 bits per heavy atom. The maximum atomic E-state index is 13.4. The lowest BCUT2D eigenvalue weighted by atomic mass is 10.1. The Bertz CT molecular complexity index is 1690. The lowest BCUT2D eigenvalue weighted by molar-refractivity contribution is -0.115. The van der Waals surface area contributed by atoms with E-state index in [4.69, 9.17) is 4.74 Å². The van der Waals surface area contributed by atoms with Crippen LogP contribution in [-0.2, 0) is 14.3 Å². The highest BCUT2D eigenvalue weighted by Crippen LogP contribution is 2.27. The van der Waals surface area contributed by atoms with E-state index in [0.717, 1.165) is 27.8 Å². The minimum absolute atomic E-state index is 0.0715. The van der Waals surface area contributed by atoms with Crippen molar-refractivity contribution in [3.63, 3.8) is 0 Å². The number of carbonyl (C=O) groups is 4. The highest BCUT2D eigenvalue weighted by molar-refractivity contribution is 9.10. The zero-order valence-corrected chi connectivity index (χ0v) is 27.8. The van der Waals surface area contributed by atoms with Gasteiger partial charge in [0.05, 0.1) is 17.4 Å². The Morgan fingerprint density at radius 2 is 1.54 bits per heavy atom. The van der Waals surface area contributed by atoms with Crippen molar-refractivity contribution in [2.24, 2.45) is 0 Å². The molecule has 10 heteroatoms. The van der Waals surface area contributed by atoms with Crippen LogP contribution in [0, 0.1) is 0 Å². The third kappa shape index (κ3) is 10.5. The molecule has 0 saturated carbocycles. The van der Waals surface area contributed by atoms with Gasteiger partial charge in [-0.15, -0.1) is 11.8 Å². The number of anilines is 2. The van der Waals surface area contributed by atoms with E-state index in [1.807, 2.05) is 43.3 Å². The minimum Gasteiger partial charge on any atom is -0.462 e. The summed E-state index contributed by atoms with van der Waals surface area (Å²) in [7, 11) is 0. The standard InChI is InChI=1S/C36H34BrN3O5S/c1-3-4-21-45-36(44)27-15-19-29(20-16-27)38-33(41)24(2)46-31-12-8-11-30(23-31)39-35(43)32(22-25-13-17-28(37)18-14-25)40-34(42)26-9-6-5-7-10-26/h5-20,22-24H,3-4,21H2,1-2H3,(H,38,41)(H,39,43)(H,40,42)/b32-22-. The van der Waals surface area contributed by atoms with E-state index in [9.17, 15) is 19.2 Å². The zero-order valence-electron chi connectivity index (χ0n) is 25.4. The topological polar surface area (TPSA) is 114 Å². The Balaban J connectivity index is 1.40. The second kappa shape index (κ2) is 17.1. The van der Waals surface area contributed by atoms with Crippen LogP contribution < -0.4 is 16.0 Å². The number of benzene rings is 4. The van der Waals surface area contributed by atoms with Crippen molar-refractivity contribution in [2.45, 2.75) is 36.8 Å². The van der Waals surface area contributed by atoms with Crippen LogP contribution in [-0.4, -0.2) is 35.5 Å². The van der Waals surface area contributed by atoms with E-state index in [-0.39, 0.29) is 11.6 Å². The molecule has 4 rings (SSSR count). The number of hydrogen-bond acceptors (Lipinski definition) is 6. The summed E-state index contributed by atoms with van der Waals surface area (Å²) in [5, 5.41) is 8.00. The molecule has 8 nitrogen and oxygen atoms in total. The fraction of sp³-hybridized carbons (Fsp3) is 0.167. The van der Waals surface area contributed by atoms with Gasteiger partial charge in [-0.25, -0.2) is 4.79 Å². The summed E-state index contributed by atoms with van der Waals surface area (Å²) < 4.78 is 6.12. The number of ether oxygens (including phenoxy) is 1.